The predicted molar refractivity (Wildman–Crippen MR) is 62.8 cm³/mol. The summed E-state index contributed by atoms with van der Waals surface area (Å²) in [5, 5.41) is 0. The van der Waals surface area contributed by atoms with Gasteiger partial charge < -0.3 is 4.81 Å². The zero-order valence-electron chi connectivity index (χ0n) is 9.55. The number of hydrogen-bond acceptors (Lipinski definition) is 1. The van der Waals surface area contributed by atoms with E-state index in [-0.39, 0.29) is 6.85 Å². The van der Waals surface area contributed by atoms with Crippen LogP contribution in [0.5, 0.6) is 0 Å². The fourth-order valence-corrected chi connectivity index (χ4v) is 1.83. The van der Waals surface area contributed by atoms with Crippen molar-refractivity contribution in [1.82, 2.24) is 4.81 Å². The molecule has 0 spiro atoms. The molecule has 0 amide bonds. The molecule has 1 nitrogen and oxygen atoms in total. The second-order valence-corrected chi connectivity index (χ2v) is 4.06. The average Bonchev–Trinajstić information content (AvgIpc) is 2.29. The van der Waals surface area contributed by atoms with E-state index in [0.717, 1.165) is 17.6 Å². The largest absolute Gasteiger partial charge is 0.420 e. The van der Waals surface area contributed by atoms with Crippen LogP contribution < -0.4 is 0 Å². The van der Waals surface area contributed by atoms with Gasteiger partial charge in [0.05, 0.1) is 0 Å². The molecule has 0 bridgehead atoms. The molecule has 0 atom stereocenters. The minimum atomic E-state index is -1.43. The SMILES string of the molecule is CB1C(c2cc(F)c(F)c(F)c2)=CC=CN1C. The highest BCUT2D eigenvalue weighted by Gasteiger charge is 2.22. The first-order chi connectivity index (χ1) is 8.00. The van der Waals surface area contributed by atoms with Crippen molar-refractivity contribution in [3.05, 3.63) is 53.5 Å². The molecular weight excluding hydrogens is 226 g/mol. The van der Waals surface area contributed by atoms with Crippen molar-refractivity contribution in [2.24, 2.45) is 0 Å². The van der Waals surface area contributed by atoms with Gasteiger partial charge in [-0.3, -0.25) is 0 Å². The van der Waals surface area contributed by atoms with Crippen LogP contribution in [0.1, 0.15) is 5.56 Å². The number of hydrogen-bond donors (Lipinski definition) is 0. The van der Waals surface area contributed by atoms with Crippen molar-refractivity contribution >= 4 is 12.3 Å². The molecule has 0 radical (unpaired) electrons. The lowest BCUT2D eigenvalue weighted by atomic mass is 9.53. The van der Waals surface area contributed by atoms with Gasteiger partial charge in [0.2, 0.25) is 0 Å². The highest BCUT2D eigenvalue weighted by Crippen LogP contribution is 2.25. The zero-order valence-corrected chi connectivity index (χ0v) is 9.55. The van der Waals surface area contributed by atoms with Gasteiger partial charge in [0.15, 0.2) is 17.5 Å². The van der Waals surface area contributed by atoms with Gasteiger partial charge in [0.1, 0.15) is 0 Å². The van der Waals surface area contributed by atoms with E-state index in [4.69, 9.17) is 0 Å². The van der Waals surface area contributed by atoms with Crippen molar-refractivity contribution in [3.8, 4) is 0 Å². The van der Waals surface area contributed by atoms with Crippen molar-refractivity contribution < 1.29 is 13.2 Å². The van der Waals surface area contributed by atoms with E-state index in [1.165, 1.54) is 0 Å². The lowest BCUT2D eigenvalue weighted by Crippen LogP contribution is -2.32. The van der Waals surface area contributed by atoms with Crippen LogP contribution in [-0.4, -0.2) is 18.7 Å². The van der Waals surface area contributed by atoms with Crippen LogP contribution in [0.2, 0.25) is 6.82 Å². The molecule has 1 aromatic rings. The molecule has 88 valence electrons. The second-order valence-electron chi connectivity index (χ2n) is 4.06. The maximum Gasteiger partial charge on any atom is 0.285 e. The Bertz CT molecular complexity index is 487. The van der Waals surface area contributed by atoms with Crippen LogP contribution in [0.3, 0.4) is 0 Å². The Morgan fingerprint density at radius 3 is 2.29 bits per heavy atom. The molecule has 0 saturated heterocycles. The molecule has 2 rings (SSSR count). The van der Waals surface area contributed by atoms with Gasteiger partial charge in [-0.25, -0.2) is 13.2 Å². The highest BCUT2D eigenvalue weighted by molar-refractivity contribution is 6.76. The number of rotatable bonds is 1. The Kier molecular flexibility index (Phi) is 3.00. The van der Waals surface area contributed by atoms with Gasteiger partial charge in [-0.1, -0.05) is 12.9 Å². The first-order valence-electron chi connectivity index (χ1n) is 5.26. The van der Waals surface area contributed by atoms with E-state index in [0.29, 0.717) is 5.56 Å². The Balaban J connectivity index is 2.48. The van der Waals surface area contributed by atoms with Crippen LogP contribution in [-0.2, 0) is 0 Å². The van der Waals surface area contributed by atoms with Crippen LogP contribution in [0.15, 0.2) is 30.5 Å². The van der Waals surface area contributed by atoms with E-state index in [2.05, 4.69) is 0 Å². The molecule has 1 heterocycles. The quantitative estimate of drug-likeness (QED) is 0.535. The normalized spacial score (nSPS) is 15.2. The molecule has 0 aromatic heterocycles. The summed E-state index contributed by atoms with van der Waals surface area (Å²) in [5.41, 5.74) is 1.12. The predicted octanol–water partition coefficient (Wildman–Crippen LogP) is 3.11. The van der Waals surface area contributed by atoms with Gasteiger partial charge in [-0.2, -0.15) is 0 Å². The standard InChI is InChI=1S/C12H11BF3N/c1-13-9(4-3-5-17(13)2)8-6-10(14)12(16)11(15)7-8/h3-7H,1-2H3. The van der Waals surface area contributed by atoms with Crippen molar-refractivity contribution in [1.29, 1.82) is 0 Å². The average molecular weight is 237 g/mol. The van der Waals surface area contributed by atoms with Crippen molar-refractivity contribution in [3.63, 3.8) is 0 Å². The van der Waals surface area contributed by atoms with E-state index in [1.807, 2.05) is 24.9 Å². The Hall–Kier alpha value is -1.65. The van der Waals surface area contributed by atoms with E-state index < -0.39 is 17.5 Å². The molecule has 0 fully saturated rings. The van der Waals surface area contributed by atoms with Crippen LogP contribution in [0, 0.1) is 17.5 Å². The fraction of sp³-hybridized carbons (Fsp3) is 0.167. The summed E-state index contributed by atoms with van der Waals surface area (Å²) in [7, 11) is 1.87. The minimum Gasteiger partial charge on any atom is -0.420 e. The van der Waals surface area contributed by atoms with E-state index in [1.54, 1.807) is 12.2 Å². The van der Waals surface area contributed by atoms with Crippen LogP contribution in [0.4, 0.5) is 13.2 Å². The fourth-order valence-electron chi connectivity index (χ4n) is 1.83. The summed E-state index contributed by atoms with van der Waals surface area (Å²) in [6, 6.07) is 2.04. The summed E-state index contributed by atoms with van der Waals surface area (Å²) < 4.78 is 39.1. The number of allylic oxidation sites excluding steroid dienone is 2. The maximum absolute atomic E-state index is 13.1. The minimum absolute atomic E-state index is 0.00994. The summed E-state index contributed by atoms with van der Waals surface area (Å²) in [4.78, 5) is 1.91. The molecular formula is C12H11BF3N. The van der Waals surface area contributed by atoms with Gasteiger partial charge >= 0.3 is 0 Å². The molecule has 1 aliphatic heterocycles. The Morgan fingerprint density at radius 2 is 1.71 bits per heavy atom. The molecule has 17 heavy (non-hydrogen) atoms. The van der Waals surface area contributed by atoms with Gasteiger partial charge in [-0.05, 0) is 42.5 Å². The second kappa shape index (κ2) is 4.32. The number of nitrogens with zero attached hydrogens (tertiary/aromatic N) is 1. The lowest BCUT2D eigenvalue weighted by molar-refractivity contribution is 0.446. The van der Waals surface area contributed by atoms with E-state index >= 15 is 0 Å². The van der Waals surface area contributed by atoms with Crippen LogP contribution >= 0.6 is 0 Å². The third kappa shape index (κ3) is 2.09. The van der Waals surface area contributed by atoms with Gasteiger partial charge in [0.25, 0.3) is 6.85 Å². The molecule has 0 unspecified atom stereocenters. The molecule has 0 saturated carbocycles. The highest BCUT2D eigenvalue weighted by atomic mass is 19.2. The number of benzene rings is 1. The van der Waals surface area contributed by atoms with Crippen molar-refractivity contribution in [2.45, 2.75) is 6.82 Å². The first-order valence-corrected chi connectivity index (χ1v) is 5.26. The lowest BCUT2D eigenvalue weighted by Gasteiger charge is -2.25. The molecule has 5 heteroatoms. The first kappa shape index (κ1) is 11.8. The molecule has 1 aromatic carbocycles. The summed E-state index contributed by atoms with van der Waals surface area (Å²) >= 11 is 0. The monoisotopic (exact) mass is 237 g/mol. The molecule has 1 aliphatic rings. The maximum atomic E-state index is 13.1. The van der Waals surface area contributed by atoms with E-state index in [9.17, 15) is 13.2 Å². The van der Waals surface area contributed by atoms with Crippen molar-refractivity contribution in [2.75, 3.05) is 7.05 Å². The third-order valence-electron chi connectivity index (χ3n) is 2.98. The third-order valence-corrected chi connectivity index (χ3v) is 2.98. The summed E-state index contributed by atoms with van der Waals surface area (Å²) in [6.07, 6.45) is 5.43. The summed E-state index contributed by atoms with van der Waals surface area (Å²) in [6.45, 7) is 1.90. The molecule has 0 aliphatic carbocycles. The topological polar surface area (TPSA) is 3.24 Å². The Morgan fingerprint density at radius 1 is 1.12 bits per heavy atom. The Labute approximate surface area is 98.3 Å². The number of halogens is 3. The van der Waals surface area contributed by atoms with Crippen LogP contribution in [0.25, 0.3) is 5.47 Å². The summed E-state index contributed by atoms with van der Waals surface area (Å²) in [5.74, 6) is -3.75. The smallest absolute Gasteiger partial charge is 0.285 e. The zero-order chi connectivity index (χ0) is 12.6. The molecule has 0 N–H and O–H groups in total. The van der Waals surface area contributed by atoms with Gasteiger partial charge in [-0.15, -0.1) is 0 Å². The van der Waals surface area contributed by atoms with Gasteiger partial charge in [0, 0.05) is 0 Å².